The third-order valence-electron chi connectivity index (χ3n) is 9.02. The lowest BCUT2D eigenvalue weighted by molar-refractivity contribution is -0.385. The van der Waals surface area contributed by atoms with Crippen LogP contribution in [0.5, 0.6) is 0 Å². The molecule has 44 heavy (non-hydrogen) atoms. The van der Waals surface area contributed by atoms with E-state index in [-0.39, 0.29) is 24.1 Å². The number of aryl methyl sites for hydroxylation is 1. The number of nitrogens with zero attached hydrogens (tertiary/aromatic N) is 5. The number of rotatable bonds is 9. The Bertz CT molecular complexity index is 1680. The van der Waals surface area contributed by atoms with E-state index >= 15 is 4.11 Å². The number of halogens is 1. The van der Waals surface area contributed by atoms with Crippen LogP contribution in [0.1, 0.15) is 36.1 Å². The van der Waals surface area contributed by atoms with Crippen LogP contribution in [0.4, 0.5) is 21.2 Å². The van der Waals surface area contributed by atoms with Gasteiger partial charge in [-0.3, -0.25) is 24.5 Å². The molecule has 1 spiro atoms. The summed E-state index contributed by atoms with van der Waals surface area (Å²) in [6, 6.07) is 22.9. The fourth-order valence-electron chi connectivity index (χ4n) is 7.07. The highest BCUT2D eigenvalue weighted by Gasteiger charge is 2.67. The van der Waals surface area contributed by atoms with Gasteiger partial charge in [-0.15, -0.1) is 5.10 Å². The van der Waals surface area contributed by atoms with Crippen molar-refractivity contribution in [3.63, 3.8) is 0 Å². The topological polar surface area (TPSA) is 124 Å². The number of hydrogen-bond acceptors (Lipinski definition) is 7. The van der Waals surface area contributed by atoms with E-state index in [1.165, 1.54) is 17.0 Å². The second-order valence-electron chi connectivity index (χ2n) is 12.0. The molecule has 2 aliphatic heterocycles. The third-order valence-corrected chi connectivity index (χ3v) is 11.5. The Balaban J connectivity index is 1.35. The highest BCUT2D eigenvalue weighted by atomic mass is 28.4. The molecular formula is C32H34FN5O5Si. The predicted molar refractivity (Wildman–Crippen MR) is 165 cm³/mol. The normalized spacial score (nSPS) is 23.7. The van der Waals surface area contributed by atoms with Gasteiger partial charge in [0.25, 0.3) is 11.6 Å². The Morgan fingerprint density at radius 3 is 2.43 bits per heavy atom. The standard InChI is InChI=1S/C32H34FN5O5Si/c1-21-30(44(2,3)33)29(16-17-36-19-27(34-35-36)25(20-39)22-10-6-4-7-11-22)43-32(21)26-18-24(38(41)42)14-15-28(26)37(31(32)40)23-12-8-5-9-13-23/h4-15,18-19,21,25,29-30,39H,16-17,20H2,1-3H3/t21-,25?,29+,30-,32+/m0/s1. The minimum Gasteiger partial charge on any atom is -0.395 e. The Hall–Kier alpha value is -4.26. The largest absolute Gasteiger partial charge is 0.395 e. The summed E-state index contributed by atoms with van der Waals surface area (Å²) in [6.07, 6.45) is 1.46. The van der Waals surface area contributed by atoms with Gasteiger partial charge in [0.05, 0.1) is 34.9 Å². The number of amides is 1. The Morgan fingerprint density at radius 1 is 1.11 bits per heavy atom. The van der Waals surface area contributed by atoms with E-state index in [2.05, 4.69) is 10.3 Å². The summed E-state index contributed by atoms with van der Waals surface area (Å²) in [5, 5.41) is 30.4. The van der Waals surface area contributed by atoms with Crippen molar-refractivity contribution in [2.45, 2.75) is 56.1 Å². The van der Waals surface area contributed by atoms with Crippen molar-refractivity contribution in [3.05, 3.63) is 112 Å². The molecular weight excluding hydrogens is 581 g/mol. The number of aliphatic hydroxyl groups is 1. The summed E-state index contributed by atoms with van der Waals surface area (Å²) in [6.45, 7) is 5.26. The molecule has 1 saturated heterocycles. The minimum absolute atomic E-state index is 0.135. The van der Waals surface area contributed by atoms with Gasteiger partial charge >= 0.3 is 0 Å². The lowest BCUT2D eigenvalue weighted by atomic mass is 9.82. The van der Waals surface area contributed by atoms with Crippen molar-refractivity contribution in [1.82, 2.24) is 15.0 Å². The molecule has 1 aromatic heterocycles. The van der Waals surface area contributed by atoms with Gasteiger partial charge in [0.1, 0.15) is 0 Å². The summed E-state index contributed by atoms with van der Waals surface area (Å²) in [5.41, 5.74) is 0.673. The lowest BCUT2D eigenvalue weighted by Crippen LogP contribution is -2.44. The molecule has 0 radical (unpaired) electrons. The van der Waals surface area contributed by atoms with Crippen molar-refractivity contribution < 1.29 is 23.7 Å². The first kappa shape index (κ1) is 29.8. The maximum Gasteiger partial charge on any atom is 0.269 e. The molecule has 3 aromatic carbocycles. The van der Waals surface area contributed by atoms with E-state index in [1.54, 1.807) is 42.2 Å². The first-order valence-corrected chi connectivity index (χ1v) is 17.6. The van der Waals surface area contributed by atoms with E-state index in [0.717, 1.165) is 5.56 Å². The molecule has 1 N–H and O–H groups in total. The fraction of sp³-hybridized carbons (Fsp3) is 0.344. The lowest BCUT2D eigenvalue weighted by Gasteiger charge is -2.31. The Labute approximate surface area is 255 Å². The number of non-ortho nitro benzene ring substituents is 1. The number of nitro benzene ring substituents is 1. The predicted octanol–water partition coefficient (Wildman–Crippen LogP) is 5.85. The average Bonchev–Trinajstić information content (AvgIpc) is 3.66. The molecule has 10 nitrogen and oxygen atoms in total. The van der Waals surface area contributed by atoms with Crippen molar-refractivity contribution in [3.8, 4) is 0 Å². The number of para-hydroxylation sites is 1. The van der Waals surface area contributed by atoms with Crippen molar-refractivity contribution in [1.29, 1.82) is 0 Å². The zero-order chi connectivity index (χ0) is 31.2. The number of nitro groups is 1. The number of fused-ring (bicyclic) bond motifs is 2. The smallest absolute Gasteiger partial charge is 0.269 e. The van der Waals surface area contributed by atoms with Crippen molar-refractivity contribution in [2.75, 3.05) is 11.5 Å². The maximum absolute atomic E-state index is 16.2. The monoisotopic (exact) mass is 615 g/mol. The van der Waals surface area contributed by atoms with Crippen LogP contribution < -0.4 is 4.90 Å². The van der Waals surface area contributed by atoms with E-state index < -0.39 is 36.5 Å². The number of anilines is 2. The zero-order valence-corrected chi connectivity index (χ0v) is 25.7. The summed E-state index contributed by atoms with van der Waals surface area (Å²) >= 11 is 0. The SMILES string of the molecule is C[C@H]1[C@H]([Si](C)(C)F)[C@@H](CCn2cc(C(CO)c3ccccc3)nn2)O[C@]12C(=O)N(c1ccccc1)c1ccc([N+](=O)[O-])cc12. The third kappa shape index (κ3) is 4.92. The van der Waals surface area contributed by atoms with Gasteiger partial charge < -0.3 is 14.0 Å². The van der Waals surface area contributed by atoms with Gasteiger partial charge in [-0.2, -0.15) is 0 Å². The minimum atomic E-state index is -3.44. The van der Waals surface area contributed by atoms with Gasteiger partial charge in [-0.05, 0) is 43.3 Å². The molecule has 228 valence electrons. The van der Waals surface area contributed by atoms with Crippen LogP contribution in [0.15, 0.2) is 85.1 Å². The van der Waals surface area contributed by atoms with Gasteiger partial charge in [0.2, 0.25) is 8.41 Å². The number of ether oxygens (including phenoxy) is 1. The Morgan fingerprint density at radius 2 is 1.80 bits per heavy atom. The van der Waals surface area contributed by atoms with Crippen LogP contribution >= 0.6 is 0 Å². The molecule has 1 unspecified atom stereocenters. The number of hydrogen-bond donors (Lipinski definition) is 1. The van der Waals surface area contributed by atoms with Crippen LogP contribution in [0, 0.1) is 16.0 Å². The van der Waals surface area contributed by atoms with Crippen LogP contribution in [0.25, 0.3) is 0 Å². The van der Waals surface area contributed by atoms with Gasteiger partial charge in [-0.1, -0.05) is 60.7 Å². The molecule has 3 heterocycles. The molecule has 4 aromatic rings. The Kier molecular flexibility index (Phi) is 7.68. The van der Waals surface area contributed by atoms with Crippen LogP contribution in [-0.4, -0.2) is 52.0 Å². The maximum atomic E-state index is 16.2. The fourth-order valence-corrected chi connectivity index (χ4v) is 9.62. The summed E-state index contributed by atoms with van der Waals surface area (Å²) in [5.74, 6) is -1.31. The van der Waals surface area contributed by atoms with E-state index in [9.17, 15) is 20.0 Å². The average molecular weight is 616 g/mol. The van der Waals surface area contributed by atoms with Gasteiger partial charge in [-0.25, -0.2) is 0 Å². The number of aromatic nitrogens is 3. The van der Waals surface area contributed by atoms with Crippen LogP contribution in [-0.2, 0) is 21.7 Å². The number of carbonyl (C=O) groups is 1. The van der Waals surface area contributed by atoms with Crippen molar-refractivity contribution >= 4 is 31.4 Å². The zero-order valence-electron chi connectivity index (χ0n) is 24.7. The second-order valence-corrected chi connectivity index (χ2v) is 15.8. The number of carbonyl (C=O) groups excluding carboxylic acids is 1. The van der Waals surface area contributed by atoms with Gasteiger partial charge in [0.15, 0.2) is 5.60 Å². The first-order valence-electron chi connectivity index (χ1n) is 14.7. The summed E-state index contributed by atoms with van der Waals surface area (Å²) in [4.78, 5) is 27.3. The van der Waals surface area contributed by atoms with E-state index in [4.69, 9.17) is 4.74 Å². The highest BCUT2D eigenvalue weighted by molar-refractivity contribution is 6.72. The molecule has 12 heteroatoms. The number of aliphatic hydroxyl groups excluding tert-OH is 1. The summed E-state index contributed by atoms with van der Waals surface area (Å²) in [7, 11) is -3.44. The molecule has 6 rings (SSSR count). The molecule has 1 fully saturated rings. The van der Waals surface area contributed by atoms with Crippen LogP contribution in [0.3, 0.4) is 0 Å². The van der Waals surface area contributed by atoms with Crippen molar-refractivity contribution in [2.24, 2.45) is 5.92 Å². The van der Waals surface area contributed by atoms with Gasteiger partial charge in [0, 0.05) is 47.6 Å². The highest BCUT2D eigenvalue weighted by Crippen LogP contribution is 2.61. The molecule has 2 aliphatic rings. The molecule has 5 atom stereocenters. The number of benzene rings is 3. The van der Waals surface area contributed by atoms with E-state index in [0.29, 0.717) is 35.6 Å². The quantitative estimate of drug-likeness (QED) is 0.108. The first-order chi connectivity index (χ1) is 21.1. The molecule has 0 aliphatic carbocycles. The molecule has 0 saturated carbocycles. The van der Waals surface area contributed by atoms with E-state index in [1.807, 2.05) is 55.5 Å². The van der Waals surface area contributed by atoms with Crippen LogP contribution in [0.2, 0.25) is 18.6 Å². The summed E-state index contributed by atoms with van der Waals surface area (Å²) < 4.78 is 24.6. The second kappa shape index (κ2) is 11.3. The molecule has 1 amide bonds. The molecule has 0 bridgehead atoms.